The molecule has 0 aromatic carbocycles. The highest BCUT2D eigenvalue weighted by molar-refractivity contribution is 5.86. The van der Waals surface area contributed by atoms with Gasteiger partial charge in [-0.2, -0.15) is 0 Å². The molecule has 132 valence electrons. The summed E-state index contributed by atoms with van der Waals surface area (Å²) in [5.74, 6) is 0.437. The van der Waals surface area contributed by atoms with Gasteiger partial charge in [0.15, 0.2) is 0 Å². The van der Waals surface area contributed by atoms with Crippen LogP contribution < -0.4 is 0 Å². The van der Waals surface area contributed by atoms with Gasteiger partial charge in [0.05, 0.1) is 18.8 Å². The van der Waals surface area contributed by atoms with Crippen molar-refractivity contribution in [2.24, 2.45) is 5.92 Å². The van der Waals surface area contributed by atoms with Crippen LogP contribution in [0.4, 0.5) is 0 Å². The van der Waals surface area contributed by atoms with E-state index in [9.17, 15) is 9.90 Å². The molecule has 1 aliphatic carbocycles. The van der Waals surface area contributed by atoms with Crippen LogP contribution in [0.15, 0.2) is 0 Å². The molecule has 2 heterocycles. The Balaban J connectivity index is 1.78. The minimum atomic E-state index is -0.643. The molecule has 2 atom stereocenters. The van der Waals surface area contributed by atoms with Crippen LogP contribution in [0.5, 0.6) is 0 Å². The molecule has 5 nitrogen and oxygen atoms in total. The van der Waals surface area contributed by atoms with Gasteiger partial charge in [0.2, 0.25) is 5.91 Å². The number of hydrogen-bond donors (Lipinski definition) is 1. The molecule has 1 N–H and O–H groups in total. The number of piperidine rings is 1. The number of carbonyl (C=O) groups excluding carboxylic acids is 1. The van der Waals surface area contributed by atoms with Crippen molar-refractivity contribution in [3.8, 4) is 0 Å². The lowest BCUT2D eigenvalue weighted by Crippen LogP contribution is -2.65. The van der Waals surface area contributed by atoms with E-state index >= 15 is 0 Å². The summed E-state index contributed by atoms with van der Waals surface area (Å²) >= 11 is 0. The van der Waals surface area contributed by atoms with E-state index in [1.54, 1.807) is 0 Å². The molecule has 2 saturated heterocycles. The predicted octanol–water partition coefficient (Wildman–Crippen LogP) is 1.64. The van der Waals surface area contributed by atoms with E-state index in [-0.39, 0.29) is 11.5 Å². The van der Waals surface area contributed by atoms with Crippen molar-refractivity contribution in [1.82, 2.24) is 9.80 Å². The average molecular weight is 324 g/mol. The fourth-order valence-electron chi connectivity index (χ4n) is 4.50. The summed E-state index contributed by atoms with van der Waals surface area (Å²) in [7, 11) is 0. The first-order valence-electron chi connectivity index (χ1n) is 9.30. The lowest BCUT2D eigenvalue weighted by Gasteiger charge is -2.50. The van der Waals surface area contributed by atoms with E-state index in [0.717, 1.165) is 52.0 Å². The summed E-state index contributed by atoms with van der Waals surface area (Å²) in [5, 5.41) is 10.4. The number of carbonyl (C=O) groups is 1. The van der Waals surface area contributed by atoms with Crippen molar-refractivity contribution in [3.63, 3.8) is 0 Å². The van der Waals surface area contributed by atoms with Gasteiger partial charge >= 0.3 is 0 Å². The molecule has 3 fully saturated rings. The van der Waals surface area contributed by atoms with Gasteiger partial charge in [-0.3, -0.25) is 9.69 Å². The third-order valence-corrected chi connectivity index (χ3v) is 6.43. The van der Waals surface area contributed by atoms with E-state index in [1.807, 2.05) is 11.8 Å². The first-order chi connectivity index (χ1) is 11.0. The maximum absolute atomic E-state index is 13.5. The van der Waals surface area contributed by atoms with E-state index in [4.69, 9.17) is 4.74 Å². The number of amides is 1. The molecule has 3 rings (SSSR count). The molecule has 0 radical (unpaired) electrons. The van der Waals surface area contributed by atoms with Crippen LogP contribution in [0.1, 0.15) is 52.4 Å². The van der Waals surface area contributed by atoms with Crippen molar-refractivity contribution < 1.29 is 14.6 Å². The van der Waals surface area contributed by atoms with Crippen molar-refractivity contribution in [3.05, 3.63) is 0 Å². The Morgan fingerprint density at radius 2 is 1.74 bits per heavy atom. The Kier molecular flexibility index (Phi) is 5.00. The predicted molar refractivity (Wildman–Crippen MR) is 89.2 cm³/mol. The van der Waals surface area contributed by atoms with Gasteiger partial charge in [-0.05, 0) is 26.2 Å². The Morgan fingerprint density at radius 3 is 2.35 bits per heavy atom. The van der Waals surface area contributed by atoms with Crippen LogP contribution in [0.3, 0.4) is 0 Å². The number of rotatable bonds is 2. The van der Waals surface area contributed by atoms with Gasteiger partial charge in [-0.1, -0.05) is 26.2 Å². The normalized spacial score (nSPS) is 36.0. The topological polar surface area (TPSA) is 53.0 Å². The zero-order valence-corrected chi connectivity index (χ0v) is 14.7. The van der Waals surface area contributed by atoms with E-state index < -0.39 is 5.60 Å². The maximum Gasteiger partial charge on any atom is 0.243 e. The van der Waals surface area contributed by atoms with Gasteiger partial charge < -0.3 is 14.7 Å². The molecule has 0 aromatic heterocycles. The summed E-state index contributed by atoms with van der Waals surface area (Å²) in [6.45, 7) is 8.53. The number of hydrogen-bond acceptors (Lipinski definition) is 4. The zero-order valence-electron chi connectivity index (χ0n) is 14.7. The molecule has 0 spiro atoms. The minimum absolute atomic E-state index is 0.130. The Bertz CT molecular complexity index is 426. The maximum atomic E-state index is 13.5. The van der Waals surface area contributed by atoms with Crippen LogP contribution in [-0.4, -0.2) is 71.3 Å². The van der Waals surface area contributed by atoms with Gasteiger partial charge in [0.25, 0.3) is 0 Å². The fraction of sp³-hybridized carbons (Fsp3) is 0.944. The molecule has 2 aliphatic heterocycles. The number of nitrogens with zero attached hydrogens (tertiary/aromatic N) is 2. The monoisotopic (exact) mass is 324 g/mol. The van der Waals surface area contributed by atoms with E-state index in [0.29, 0.717) is 25.4 Å². The molecule has 1 saturated carbocycles. The smallest absolute Gasteiger partial charge is 0.243 e. The first-order valence-corrected chi connectivity index (χ1v) is 9.30. The Labute approximate surface area is 140 Å². The third-order valence-electron chi connectivity index (χ3n) is 6.43. The van der Waals surface area contributed by atoms with Crippen molar-refractivity contribution in [2.45, 2.75) is 63.5 Å². The number of aliphatic hydroxyl groups is 1. The third kappa shape index (κ3) is 3.28. The highest BCUT2D eigenvalue weighted by Crippen LogP contribution is 2.38. The first kappa shape index (κ1) is 17.2. The number of likely N-dealkylation sites (tertiary alicyclic amines) is 1. The summed E-state index contributed by atoms with van der Waals surface area (Å²) in [6.07, 6.45) is 6.16. The van der Waals surface area contributed by atoms with Gasteiger partial charge in [0.1, 0.15) is 5.54 Å². The quantitative estimate of drug-likeness (QED) is 0.839. The van der Waals surface area contributed by atoms with E-state index in [1.165, 1.54) is 6.42 Å². The van der Waals surface area contributed by atoms with Crippen molar-refractivity contribution in [1.29, 1.82) is 0 Å². The molecule has 23 heavy (non-hydrogen) atoms. The second-order valence-corrected chi connectivity index (χ2v) is 7.95. The lowest BCUT2D eigenvalue weighted by atomic mass is 9.77. The molecule has 3 aliphatic rings. The molecular weight excluding hydrogens is 292 g/mol. The molecule has 0 bridgehead atoms. The number of morpholine rings is 1. The van der Waals surface area contributed by atoms with Gasteiger partial charge in [0, 0.05) is 32.1 Å². The van der Waals surface area contributed by atoms with E-state index in [2.05, 4.69) is 11.8 Å². The highest BCUT2D eigenvalue weighted by atomic mass is 16.5. The summed E-state index contributed by atoms with van der Waals surface area (Å²) in [6, 6.07) is 0. The Hall–Kier alpha value is -0.650. The van der Waals surface area contributed by atoms with Gasteiger partial charge in [-0.25, -0.2) is 0 Å². The molecule has 0 unspecified atom stereocenters. The second kappa shape index (κ2) is 6.69. The zero-order chi connectivity index (χ0) is 16.5. The van der Waals surface area contributed by atoms with Gasteiger partial charge in [-0.15, -0.1) is 0 Å². The minimum Gasteiger partial charge on any atom is -0.390 e. The summed E-state index contributed by atoms with van der Waals surface area (Å²) in [5.41, 5.74) is -0.958. The van der Waals surface area contributed by atoms with Crippen LogP contribution in [0.25, 0.3) is 0 Å². The molecule has 5 heteroatoms. The van der Waals surface area contributed by atoms with Crippen LogP contribution in [0.2, 0.25) is 0 Å². The number of ether oxygens (including phenoxy) is 1. The molecule has 1 amide bonds. The average Bonchev–Trinajstić information content (AvgIpc) is 2.58. The highest BCUT2D eigenvalue weighted by Gasteiger charge is 2.48. The van der Waals surface area contributed by atoms with Crippen molar-refractivity contribution in [2.75, 3.05) is 39.4 Å². The molecule has 0 aromatic rings. The second-order valence-electron chi connectivity index (χ2n) is 7.95. The van der Waals surface area contributed by atoms with Crippen LogP contribution in [-0.2, 0) is 9.53 Å². The largest absolute Gasteiger partial charge is 0.390 e. The standard InChI is InChI=1S/C18H32N2O3/c1-15-14-19(9-8-17(15,2)22)16(21)18(6-4-3-5-7-18)20-10-12-23-13-11-20/h15,22H,3-14H2,1-2H3/t15-,17+/m0/s1. The van der Waals surface area contributed by atoms with Crippen LogP contribution >= 0.6 is 0 Å². The Morgan fingerprint density at radius 1 is 1.09 bits per heavy atom. The lowest BCUT2D eigenvalue weighted by molar-refractivity contribution is -0.157. The fourth-order valence-corrected chi connectivity index (χ4v) is 4.50. The van der Waals surface area contributed by atoms with Crippen molar-refractivity contribution >= 4 is 5.91 Å². The molecular formula is C18H32N2O3. The summed E-state index contributed by atoms with van der Waals surface area (Å²) in [4.78, 5) is 17.9. The SMILES string of the molecule is C[C@H]1CN(C(=O)C2(N3CCOCC3)CCCCC2)CC[C@@]1(C)O. The summed E-state index contributed by atoms with van der Waals surface area (Å²) < 4.78 is 5.51. The van der Waals surface area contributed by atoms with Crippen LogP contribution in [0, 0.1) is 5.92 Å².